The summed E-state index contributed by atoms with van der Waals surface area (Å²) < 4.78 is 5.29. The maximum atomic E-state index is 12.4. The van der Waals surface area contributed by atoms with Gasteiger partial charge in [0.05, 0.1) is 0 Å². The fourth-order valence-electron chi connectivity index (χ4n) is 2.93. The number of ketones is 1. The van der Waals surface area contributed by atoms with E-state index in [2.05, 4.69) is 24.0 Å². The molecule has 1 heterocycles. The number of Topliss-reactive ketones (excluding diaryl/α,β-unsaturated/α-hetero) is 1. The molecule has 0 aliphatic carbocycles. The van der Waals surface area contributed by atoms with Crippen molar-refractivity contribution in [3.63, 3.8) is 0 Å². The summed E-state index contributed by atoms with van der Waals surface area (Å²) in [5, 5.41) is 4.00. The zero-order valence-corrected chi connectivity index (χ0v) is 15.8. The van der Waals surface area contributed by atoms with E-state index >= 15 is 0 Å². The van der Waals surface area contributed by atoms with Crippen molar-refractivity contribution in [3.8, 4) is 11.4 Å². The van der Waals surface area contributed by atoms with Gasteiger partial charge in [0.2, 0.25) is 11.7 Å². The number of rotatable bonds is 8. The Balaban J connectivity index is 1.58. The fourth-order valence-corrected chi connectivity index (χ4v) is 2.93. The molecule has 0 amide bonds. The molecule has 0 saturated carbocycles. The summed E-state index contributed by atoms with van der Waals surface area (Å²) in [6.07, 6.45) is 1.79. The Kier molecular flexibility index (Phi) is 6.14. The van der Waals surface area contributed by atoms with Crippen molar-refractivity contribution < 1.29 is 9.32 Å². The van der Waals surface area contributed by atoms with Crippen molar-refractivity contribution in [1.29, 1.82) is 0 Å². The fraction of sp³-hybridized carbons (Fsp3) is 0.318. The minimum absolute atomic E-state index is 0.0816. The average molecular weight is 363 g/mol. The predicted molar refractivity (Wildman–Crippen MR) is 105 cm³/mol. The van der Waals surface area contributed by atoms with Crippen LogP contribution in [0.5, 0.6) is 0 Å². The Hall–Kier alpha value is -2.79. The molecule has 0 aliphatic heterocycles. The number of hydrogen-bond acceptors (Lipinski definition) is 5. The molecule has 3 rings (SSSR count). The van der Waals surface area contributed by atoms with Crippen LogP contribution in [0.3, 0.4) is 0 Å². The molecule has 0 aliphatic rings. The lowest BCUT2D eigenvalue weighted by atomic mass is 9.99. The van der Waals surface area contributed by atoms with E-state index in [1.807, 2.05) is 48.5 Å². The van der Waals surface area contributed by atoms with Crippen molar-refractivity contribution in [2.24, 2.45) is 11.7 Å². The van der Waals surface area contributed by atoms with Crippen molar-refractivity contribution in [2.45, 2.75) is 39.7 Å². The van der Waals surface area contributed by atoms with Gasteiger partial charge in [-0.1, -0.05) is 67.5 Å². The second-order valence-corrected chi connectivity index (χ2v) is 7.13. The number of hydrogen-bond donors (Lipinski definition) is 1. The van der Waals surface area contributed by atoms with Gasteiger partial charge in [-0.2, -0.15) is 4.98 Å². The molecule has 2 N–H and O–H groups in total. The minimum atomic E-state index is 0.0816. The molecule has 0 saturated heterocycles. The van der Waals surface area contributed by atoms with Gasteiger partial charge in [0, 0.05) is 30.5 Å². The molecular weight excluding hydrogens is 338 g/mol. The molecule has 0 unspecified atom stereocenters. The van der Waals surface area contributed by atoms with Crippen LogP contribution in [0.1, 0.15) is 47.6 Å². The first-order chi connectivity index (χ1) is 13.0. The van der Waals surface area contributed by atoms with Gasteiger partial charge < -0.3 is 10.3 Å². The van der Waals surface area contributed by atoms with Gasteiger partial charge in [-0.3, -0.25) is 4.79 Å². The van der Waals surface area contributed by atoms with Crippen molar-refractivity contribution in [2.75, 3.05) is 0 Å². The van der Waals surface area contributed by atoms with E-state index in [0.29, 0.717) is 37.0 Å². The molecule has 1 aromatic heterocycles. The summed E-state index contributed by atoms with van der Waals surface area (Å²) in [6.45, 7) is 4.87. The highest BCUT2D eigenvalue weighted by Gasteiger charge is 2.12. The molecule has 0 fully saturated rings. The van der Waals surface area contributed by atoms with E-state index in [1.54, 1.807) is 0 Å². The molecular formula is C22H25N3O2. The van der Waals surface area contributed by atoms with Crippen molar-refractivity contribution >= 4 is 5.78 Å². The highest BCUT2D eigenvalue weighted by Crippen LogP contribution is 2.18. The third-order valence-electron chi connectivity index (χ3n) is 4.40. The monoisotopic (exact) mass is 363 g/mol. The maximum absolute atomic E-state index is 12.4. The number of nitrogens with two attached hydrogens (primary N) is 1. The van der Waals surface area contributed by atoms with Crippen LogP contribution in [-0.2, 0) is 19.4 Å². The maximum Gasteiger partial charge on any atom is 0.227 e. The lowest BCUT2D eigenvalue weighted by Crippen LogP contribution is -2.02. The number of aryl methyl sites for hydroxylation is 1. The molecule has 0 atom stereocenters. The highest BCUT2D eigenvalue weighted by molar-refractivity contribution is 5.96. The molecule has 0 spiro atoms. The summed E-state index contributed by atoms with van der Waals surface area (Å²) in [5.74, 6) is 1.68. The molecule has 5 heteroatoms. The lowest BCUT2D eigenvalue weighted by Gasteiger charge is -2.05. The standard InChI is InChI=1S/C22H25N3O2/c1-15(2)13-16-3-7-18(8-4-16)20(26)11-12-21-24-22(25-27-21)19-9-5-17(14-23)6-10-19/h3-10,15H,11-14,23H2,1-2H3. The van der Waals surface area contributed by atoms with Gasteiger partial charge in [0.15, 0.2) is 5.78 Å². The van der Waals surface area contributed by atoms with Crippen LogP contribution in [0, 0.1) is 5.92 Å². The predicted octanol–water partition coefficient (Wildman–Crippen LogP) is 4.21. The van der Waals surface area contributed by atoms with Crippen LogP contribution in [0.25, 0.3) is 11.4 Å². The number of carbonyl (C=O) groups is 1. The highest BCUT2D eigenvalue weighted by atomic mass is 16.5. The molecule has 2 aromatic carbocycles. The first-order valence-electron chi connectivity index (χ1n) is 9.29. The summed E-state index contributed by atoms with van der Waals surface area (Å²) in [7, 11) is 0. The first kappa shape index (κ1) is 19.0. The van der Waals surface area contributed by atoms with Crippen LogP contribution in [0.2, 0.25) is 0 Å². The second-order valence-electron chi connectivity index (χ2n) is 7.13. The summed E-state index contributed by atoms with van der Waals surface area (Å²) in [6, 6.07) is 15.6. The van der Waals surface area contributed by atoms with E-state index in [4.69, 9.17) is 10.3 Å². The van der Waals surface area contributed by atoms with Crippen LogP contribution in [-0.4, -0.2) is 15.9 Å². The summed E-state index contributed by atoms with van der Waals surface area (Å²) in [5.41, 5.74) is 9.50. The number of benzene rings is 2. The average Bonchev–Trinajstić information content (AvgIpc) is 3.15. The normalized spacial score (nSPS) is 11.1. The smallest absolute Gasteiger partial charge is 0.227 e. The van der Waals surface area contributed by atoms with E-state index in [-0.39, 0.29) is 5.78 Å². The largest absolute Gasteiger partial charge is 0.339 e. The third kappa shape index (κ3) is 5.11. The van der Waals surface area contributed by atoms with Crippen molar-refractivity contribution in [3.05, 3.63) is 71.1 Å². The Morgan fingerprint density at radius 1 is 1.04 bits per heavy atom. The first-order valence-corrected chi connectivity index (χ1v) is 9.29. The molecule has 0 bridgehead atoms. The van der Waals surface area contributed by atoms with Crippen molar-refractivity contribution in [1.82, 2.24) is 10.1 Å². The Morgan fingerprint density at radius 3 is 2.33 bits per heavy atom. The van der Waals surface area contributed by atoms with Crippen LogP contribution in [0.15, 0.2) is 53.1 Å². The number of carbonyl (C=O) groups excluding carboxylic acids is 1. The van der Waals surface area contributed by atoms with Gasteiger partial charge in [-0.15, -0.1) is 0 Å². The summed E-state index contributed by atoms with van der Waals surface area (Å²) >= 11 is 0. The minimum Gasteiger partial charge on any atom is -0.339 e. The molecule has 3 aromatic rings. The van der Waals surface area contributed by atoms with E-state index in [1.165, 1.54) is 5.56 Å². The lowest BCUT2D eigenvalue weighted by molar-refractivity contribution is 0.0979. The number of aromatic nitrogens is 2. The second kappa shape index (κ2) is 8.73. The van der Waals surface area contributed by atoms with E-state index in [9.17, 15) is 4.79 Å². The van der Waals surface area contributed by atoms with Gasteiger partial charge in [0.1, 0.15) is 0 Å². The Bertz CT molecular complexity index is 881. The van der Waals surface area contributed by atoms with Gasteiger partial charge in [-0.25, -0.2) is 0 Å². The molecule has 140 valence electrons. The topological polar surface area (TPSA) is 82.0 Å². The van der Waals surface area contributed by atoms with Crippen LogP contribution >= 0.6 is 0 Å². The Labute approximate surface area is 159 Å². The van der Waals surface area contributed by atoms with Crippen LogP contribution in [0.4, 0.5) is 0 Å². The summed E-state index contributed by atoms with van der Waals surface area (Å²) in [4.78, 5) is 16.8. The number of nitrogens with zero attached hydrogens (tertiary/aromatic N) is 2. The molecule has 27 heavy (non-hydrogen) atoms. The molecule has 0 radical (unpaired) electrons. The van der Waals surface area contributed by atoms with E-state index < -0.39 is 0 Å². The Morgan fingerprint density at radius 2 is 1.70 bits per heavy atom. The third-order valence-corrected chi connectivity index (χ3v) is 4.40. The quantitative estimate of drug-likeness (QED) is 0.606. The zero-order chi connectivity index (χ0) is 19.2. The van der Waals surface area contributed by atoms with Gasteiger partial charge >= 0.3 is 0 Å². The van der Waals surface area contributed by atoms with E-state index in [0.717, 1.165) is 23.1 Å². The van der Waals surface area contributed by atoms with Crippen LogP contribution < -0.4 is 5.73 Å². The zero-order valence-electron chi connectivity index (χ0n) is 15.8. The SMILES string of the molecule is CC(C)Cc1ccc(C(=O)CCc2nc(-c3ccc(CN)cc3)no2)cc1. The molecule has 5 nitrogen and oxygen atoms in total. The van der Waals surface area contributed by atoms with Gasteiger partial charge in [-0.05, 0) is 23.5 Å². The van der Waals surface area contributed by atoms with Gasteiger partial charge in [0.25, 0.3) is 0 Å².